The minimum Gasteiger partial charge on any atom is -0.348 e. The molecule has 0 saturated carbocycles. The van der Waals surface area contributed by atoms with Gasteiger partial charge in [-0.1, -0.05) is 6.92 Å². The first-order chi connectivity index (χ1) is 7.50. The van der Waals surface area contributed by atoms with Gasteiger partial charge in [-0.2, -0.15) is 4.98 Å². The molecular formula is C11H15BrN4. The largest absolute Gasteiger partial charge is 0.348 e. The Kier molecular flexibility index (Phi) is 2.88. The molecule has 2 aromatic heterocycles. The Morgan fingerprint density at radius 2 is 2.19 bits per heavy atom. The third-order valence-corrected chi connectivity index (χ3v) is 3.10. The SMILES string of the molecule is CCC(C)(C)Nc1nc2ccc(Br)cn2n1. The summed E-state index contributed by atoms with van der Waals surface area (Å²) in [5, 5.41) is 7.69. The number of nitrogens with one attached hydrogen (secondary N) is 1. The zero-order chi connectivity index (χ0) is 11.8. The van der Waals surface area contributed by atoms with E-state index in [0.717, 1.165) is 16.5 Å². The molecule has 2 rings (SSSR count). The van der Waals surface area contributed by atoms with Gasteiger partial charge in [-0.25, -0.2) is 4.52 Å². The van der Waals surface area contributed by atoms with Crippen LogP contribution >= 0.6 is 15.9 Å². The van der Waals surface area contributed by atoms with E-state index in [0.29, 0.717) is 5.95 Å². The minimum absolute atomic E-state index is 0.0160. The van der Waals surface area contributed by atoms with Crippen LogP contribution in [-0.2, 0) is 0 Å². The van der Waals surface area contributed by atoms with Gasteiger partial charge in [0.2, 0.25) is 5.95 Å². The summed E-state index contributed by atoms with van der Waals surface area (Å²) in [6, 6.07) is 3.89. The van der Waals surface area contributed by atoms with Crippen LogP contribution in [0, 0.1) is 0 Å². The van der Waals surface area contributed by atoms with Gasteiger partial charge >= 0.3 is 0 Å². The van der Waals surface area contributed by atoms with E-state index in [-0.39, 0.29) is 5.54 Å². The highest BCUT2D eigenvalue weighted by molar-refractivity contribution is 9.10. The Morgan fingerprint density at radius 1 is 1.44 bits per heavy atom. The van der Waals surface area contributed by atoms with E-state index in [2.05, 4.69) is 52.1 Å². The van der Waals surface area contributed by atoms with Crippen LogP contribution in [0.2, 0.25) is 0 Å². The van der Waals surface area contributed by atoms with Crippen LogP contribution in [-0.4, -0.2) is 20.1 Å². The second-order valence-corrected chi connectivity index (χ2v) is 5.36. The molecule has 16 heavy (non-hydrogen) atoms. The topological polar surface area (TPSA) is 42.2 Å². The molecule has 0 unspecified atom stereocenters. The van der Waals surface area contributed by atoms with Crippen LogP contribution in [0.4, 0.5) is 5.95 Å². The second-order valence-electron chi connectivity index (χ2n) is 4.45. The normalized spacial score (nSPS) is 12.0. The molecule has 0 aromatic carbocycles. The standard InChI is InChI=1S/C11H15BrN4/c1-4-11(2,3)14-10-13-9-6-5-8(12)7-16(9)15-10/h5-7H,4H2,1-3H3,(H,14,15). The highest BCUT2D eigenvalue weighted by Crippen LogP contribution is 2.16. The Hall–Kier alpha value is -1.10. The van der Waals surface area contributed by atoms with Crippen LogP contribution < -0.4 is 5.32 Å². The van der Waals surface area contributed by atoms with Crippen molar-refractivity contribution in [3.8, 4) is 0 Å². The quantitative estimate of drug-likeness (QED) is 0.941. The Bertz CT molecular complexity index is 504. The first-order valence-electron chi connectivity index (χ1n) is 5.30. The fourth-order valence-corrected chi connectivity index (χ4v) is 1.63. The van der Waals surface area contributed by atoms with E-state index in [1.165, 1.54) is 0 Å². The maximum absolute atomic E-state index is 4.41. The maximum atomic E-state index is 4.41. The van der Waals surface area contributed by atoms with E-state index >= 15 is 0 Å². The zero-order valence-electron chi connectivity index (χ0n) is 9.66. The molecule has 4 nitrogen and oxygen atoms in total. The number of fused-ring (bicyclic) bond motifs is 1. The summed E-state index contributed by atoms with van der Waals surface area (Å²) >= 11 is 3.41. The first-order valence-corrected chi connectivity index (χ1v) is 6.09. The van der Waals surface area contributed by atoms with Crippen molar-refractivity contribution in [1.29, 1.82) is 0 Å². The molecule has 0 atom stereocenters. The molecule has 0 fully saturated rings. The van der Waals surface area contributed by atoms with Crippen molar-refractivity contribution in [2.24, 2.45) is 0 Å². The van der Waals surface area contributed by atoms with Crippen molar-refractivity contribution < 1.29 is 0 Å². The van der Waals surface area contributed by atoms with Gasteiger partial charge in [-0.05, 0) is 48.3 Å². The van der Waals surface area contributed by atoms with Crippen LogP contribution in [0.25, 0.3) is 5.65 Å². The lowest BCUT2D eigenvalue weighted by atomic mass is 10.0. The van der Waals surface area contributed by atoms with Gasteiger partial charge in [0.15, 0.2) is 5.65 Å². The Balaban J connectivity index is 2.33. The Labute approximate surface area is 103 Å². The monoisotopic (exact) mass is 282 g/mol. The molecule has 1 N–H and O–H groups in total. The molecule has 2 heterocycles. The number of nitrogens with zero attached hydrogens (tertiary/aromatic N) is 3. The predicted molar refractivity (Wildman–Crippen MR) is 68.7 cm³/mol. The van der Waals surface area contributed by atoms with Gasteiger partial charge in [0.25, 0.3) is 0 Å². The van der Waals surface area contributed by atoms with E-state index < -0.39 is 0 Å². The number of rotatable bonds is 3. The molecule has 0 spiro atoms. The minimum atomic E-state index is 0.0160. The van der Waals surface area contributed by atoms with Crippen molar-refractivity contribution in [2.45, 2.75) is 32.7 Å². The summed E-state index contributed by atoms with van der Waals surface area (Å²) in [7, 11) is 0. The van der Waals surface area contributed by atoms with Crippen molar-refractivity contribution in [3.05, 3.63) is 22.8 Å². The van der Waals surface area contributed by atoms with Crippen molar-refractivity contribution in [2.75, 3.05) is 5.32 Å². The molecule has 0 amide bonds. The third kappa shape index (κ3) is 2.35. The van der Waals surface area contributed by atoms with Gasteiger partial charge in [0.05, 0.1) is 0 Å². The summed E-state index contributed by atoms with van der Waals surface area (Å²) < 4.78 is 2.75. The average molecular weight is 283 g/mol. The lowest BCUT2D eigenvalue weighted by molar-refractivity contribution is 0.542. The molecule has 0 bridgehead atoms. The lowest BCUT2D eigenvalue weighted by Gasteiger charge is -2.23. The fraction of sp³-hybridized carbons (Fsp3) is 0.455. The van der Waals surface area contributed by atoms with Gasteiger partial charge in [-0.15, -0.1) is 5.10 Å². The number of hydrogen-bond acceptors (Lipinski definition) is 3. The molecule has 0 saturated heterocycles. The van der Waals surface area contributed by atoms with Crippen molar-refractivity contribution >= 4 is 27.5 Å². The summed E-state index contributed by atoms with van der Waals surface area (Å²) in [6.07, 6.45) is 2.92. The van der Waals surface area contributed by atoms with Crippen LogP contribution in [0.1, 0.15) is 27.2 Å². The number of aromatic nitrogens is 3. The smallest absolute Gasteiger partial charge is 0.243 e. The molecule has 2 aromatic rings. The fourth-order valence-electron chi connectivity index (χ4n) is 1.30. The molecule has 5 heteroatoms. The summed E-state index contributed by atoms with van der Waals surface area (Å²) in [5.74, 6) is 0.671. The van der Waals surface area contributed by atoms with E-state index in [1.807, 2.05) is 18.3 Å². The lowest BCUT2D eigenvalue weighted by Crippen LogP contribution is -2.30. The molecular weight excluding hydrogens is 268 g/mol. The second kappa shape index (κ2) is 4.05. The van der Waals surface area contributed by atoms with E-state index in [1.54, 1.807) is 4.52 Å². The number of halogens is 1. The van der Waals surface area contributed by atoms with Crippen molar-refractivity contribution in [1.82, 2.24) is 14.6 Å². The number of anilines is 1. The van der Waals surface area contributed by atoms with Crippen LogP contribution in [0.3, 0.4) is 0 Å². The number of hydrogen-bond donors (Lipinski definition) is 1. The highest BCUT2D eigenvalue weighted by atomic mass is 79.9. The summed E-state index contributed by atoms with van der Waals surface area (Å²) in [6.45, 7) is 6.41. The average Bonchev–Trinajstić information content (AvgIpc) is 2.58. The van der Waals surface area contributed by atoms with Crippen LogP contribution in [0.5, 0.6) is 0 Å². The van der Waals surface area contributed by atoms with E-state index in [9.17, 15) is 0 Å². The Morgan fingerprint density at radius 3 is 2.88 bits per heavy atom. The van der Waals surface area contributed by atoms with Gasteiger partial charge in [0.1, 0.15) is 0 Å². The van der Waals surface area contributed by atoms with E-state index in [4.69, 9.17) is 0 Å². The molecule has 0 aliphatic heterocycles. The summed E-state index contributed by atoms with van der Waals surface area (Å²) in [5.41, 5.74) is 0.861. The number of pyridine rings is 1. The third-order valence-electron chi connectivity index (χ3n) is 2.63. The molecule has 0 aliphatic rings. The van der Waals surface area contributed by atoms with Gasteiger partial charge in [-0.3, -0.25) is 0 Å². The van der Waals surface area contributed by atoms with Gasteiger partial charge in [0, 0.05) is 16.2 Å². The predicted octanol–water partition coefficient (Wildman–Crippen LogP) is 3.09. The van der Waals surface area contributed by atoms with Crippen LogP contribution in [0.15, 0.2) is 22.8 Å². The molecule has 0 radical (unpaired) electrons. The molecule has 0 aliphatic carbocycles. The maximum Gasteiger partial charge on any atom is 0.243 e. The zero-order valence-corrected chi connectivity index (χ0v) is 11.2. The highest BCUT2D eigenvalue weighted by Gasteiger charge is 2.16. The molecule has 86 valence electrons. The first kappa shape index (κ1) is 11.4. The van der Waals surface area contributed by atoms with Gasteiger partial charge < -0.3 is 5.32 Å². The van der Waals surface area contributed by atoms with Crippen molar-refractivity contribution in [3.63, 3.8) is 0 Å². The summed E-state index contributed by atoms with van der Waals surface area (Å²) in [4.78, 5) is 4.41.